The van der Waals surface area contributed by atoms with Crippen LogP contribution in [-0.2, 0) is 9.53 Å². The molecular weight excluding hydrogens is 230 g/mol. The summed E-state index contributed by atoms with van der Waals surface area (Å²) in [7, 11) is 0. The fraction of sp³-hybridized carbons (Fsp3) is 0.800. The molecule has 0 bridgehead atoms. The Morgan fingerprint density at radius 3 is 2.35 bits per heavy atom. The molecule has 7 nitrogen and oxygen atoms in total. The Bertz CT molecular complexity index is 336. The summed E-state index contributed by atoms with van der Waals surface area (Å²) < 4.78 is 4.97. The van der Waals surface area contributed by atoms with Gasteiger partial charge in [0.2, 0.25) is 5.72 Å². The van der Waals surface area contributed by atoms with E-state index in [9.17, 15) is 19.8 Å². The SMILES string of the molecule is CC(C)(C)OC(=O)N1C[C@H](O)C[C@@]1(O)C(=O)O. The van der Waals surface area contributed by atoms with Crippen LogP contribution in [0.25, 0.3) is 0 Å². The number of aliphatic hydroxyl groups is 2. The van der Waals surface area contributed by atoms with E-state index in [0.717, 1.165) is 0 Å². The predicted molar refractivity (Wildman–Crippen MR) is 56.1 cm³/mol. The first kappa shape index (κ1) is 13.7. The number of likely N-dealkylation sites (tertiary alicyclic amines) is 1. The summed E-state index contributed by atoms with van der Waals surface area (Å²) in [5, 5.41) is 28.1. The number of carbonyl (C=O) groups excluding carboxylic acids is 1. The highest BCUT2D eigenvalue weighted by Crippen LogP contribution is 2.29. The van der Waals surface area contributed by atoms with Crippen molar-refractivity contribution in [1.29, 1.82) is 0 Å². The number of carboxylic acids is 1. The Kier molecular flexibility index (Phi) is 3.35. The van der Waals surface area contributed by atoms with Crippen LogP contribution >= 0.6 is 0 Å². The standard InChI is InChI=1S/C10H17NO6/c1-9(2,3)17-8(15)11-5-6(12)4-10(11,16)7(13)14/h6,12,16H,4-5H2,1-3H3,(H,13,14)/t6-,10-/m1/s1. The average Bonchev–Trinajstić information content (AvgIpc) is 2.40. The molecule has 1 rings (SSSR count). The maximum Gasteiger partial charge on any atom is 0.413 e. The average molecular weight is 247 g/mol. The maximum atomic E-state index is 11.7. The molecule has 0 aromatic heterocycles. The number of nitrogens with zero attached hydrogens (tertiary/aromatic N) is 1. The molecule has 0 spiro atoms. The Balaban J connectivity index is 2.88. The van der Waals surface area contributed by atoms with Gasteiger partial charge in [0.15, 0.2) is 0 Å². The highest BCUT2D eigenvalue weighted by atomic mass is 16.6. The zero-order valence-corrected chi connectivity index (χ0v) is 10.0. The van der Waals surface area contributed by atoms with E-state index in [4.69, 9.17) is 9.84 Å². The number of rotatable bonds is 1. The van der Waals surface area contributed by atoms with Crippen molar-refractivity contribution in [2.24, 2.45) is 0 Å². The number of carboxylic acid groups (broad SMARTS) is 1. The highest BCUT2D eigenvalue weighted by Gasteiger charge is 2.53. The van der Waals surface area contributed by atoms with Crippen LogP contribution in [0.5, 0.6) is 0 Å². The van der Waals surface area contributed by atoms with Crippen LogP contribution < -0.4 is 0 Å². The molecule has 0 aromatic rings. The van der Waals surface area contributed by atoms with E-state index >= 15 is 0 Å². The van der Waals surface area contributed by atoms with Gasteiger partial charge in [-0.25, -0.2) is 9.59 Å². The monoisotopic (exact) mass is 247 g/mol. The molecule has 1 fully saturated rings. The molecular formula is C10H17NO6. The molecule has 0 saturated carbocycles. The molecule has 0 radical (unpaired) electrons. The van der Waals surface area contributed by atoms with Gasteiger partial charge in [0, 0.05) is 6.42 Å². The molecule has 0 aromatic carbocycles. The summed E-state index contributed by atoms with van der Waals surface area (Å²) in [5.41, 5.74) is -3.20. The van der Waals surface area contributed by atoms with Crippen LogP contribution in [-0.4, -0.2) is 56.3 Å². The first-order valence-electron chi connectivity index (χ1n) is 5.21. The lowest BCUT2D eigenvalue weighted by Crippen LogP contribution is -2.54. The number of ether oxygens (including phenoxy) is 1. The van der Waals surface area contributed by atoms with Gasteiger partial charge in [0.25, 0.3) is 0 Å². The molecule has 0 unspecified atom stereocenters. The van der Waals surface area contributed by atoms with Gasteiger partial charge in [0.05, 0.1) is 12.6 Å². The largest absolute Gasteiger partial charge is 0.478 e. The molecule has 1 aliphatic rings. The summed E-state index contributed by atoms with van der Waals surface area (Å²) in [6, 6.07) is 0. The number of hydrogen-bond donors (Lipinski definition) is 3. The minimum atomic E-state index is -2.40. The van der Waals surface area contributed by atoms with Crippen LogP contribution in [0, 0.1) is 0 Å². The lowest BCUT2D eigenvalue weighted by molar-refractivity contribution is -0.174. The van der Waals surface area contributed by atoms with Crippen LogP contribution in [0.3, 0.4) is 0 Å². The third-order valence-corrected chi connectivity index (χ3v) is 2.32. The number of hydrogen-bond acceptors (Lipinski definition) is 5. The Hall–Kier alpha value is -1.34. The molecule has 3 N–H and O–H groups in total. The van der Waals surface area contributed by atoms with Crippen molar-refractivity contribution < 1.29 is 29.6 Å². The van der Waals surface area contributed by atoms with Crippen molar-refractivity contribution in [2.75, 3.05) is 6.54 Å². The Labute approximate surface area is 98.6 Å². The molecule has 98 valence electrons. The van der Waals surface area contributed by atoms with Crippen LogP contribution in [0.2, 0.25) is 0 Å². The lowest BCUT2D eigenvalue weighted by atomic mass is 10.1. The first-order chi connectivity index (χ1) is 7.56. The van der Waals surface area contributed by atoms with E-state index in [2.05, 4.69) is 0 Å². The second-order valence-electron chi connectivity index (χ2n) is 5.07. The van der Waals surface area contributed by atoms with E-state index < -0.39 is 35.9 Å². The van der Waals surface area contributed by atoms with E-state index in [1.165, 1.54) is 0 Å². The summed E-state index contributed by atoms with van der Waals surface area (Å²) >= 11 is 0. The Morgan fingerprint density at radius 1 is 1.41 bits per heavy atom. The second-order valence-corrected chi connectivity index (χ2v) is 5.07. The second kappa shape index (κ2) is 4.15. The third kappa shape index (κ3) is 2.86. The number of carbonyl (C=O) groups is 2. The van der Waals surface area contributed by atoms with Crippen molar-refractivity contribution in [3.8, 4) is 0 Å². The summed E-state index contributed by atoms with van der Waals surface area (Å²) in [4.78, 5) is 23.3. The lowest BCUT2D eigenvalue weighted by Gasteiger charge is -2.31. The summed E-state index contributed by atoms with van der Waals surface area (Å²) in [6.07, 6.45) is -2.47. The summed E-state index contributed by atoms with van der Waals surface area (Å²) in [6.45, 7) is 4.60. The quantitative estimate of drug-likeness (QED) is 0.590. The zero-order valence-electron chi connectivity index (χ0n) is 10.0. The van der Waals surface area contributed by atoms with Gasteiger partial charge in [0.1, 0.15) is 5.60 Å². The molecule has 1 amide bonds. The fourth-order valence-electron chi connectivity index (χ4n) is 1.61. The van der Waals surface area contributed by atoms with Crippen molar-refractivity contribution in [3.05, 3.63) is 0 Å². The molecule has 17 heavy (non-hydrogen) atoms. The van der Waals surface area contributed by atoms with E-state index in [0.29, 0.717) is 4.90 Å². The zero-order chi connectivity index (χ0) is 13.4. The molecule has 2 atom stereocenters. The fourth-order valence-corrected chi connectivity index (χ4v) is 1.61. The van der Waals surface area contributed by atoms with Crippen LogP contribution in [0.15, 0.2) is 0 Å². The third-order valence-electron chi connectivity index (χ3n) is 2.32. The molecule has 1 saturated heterocycles. The van der Waals surface area contributed by atoms with Crippen LogP contribution in [0.1, 0.15) is 27.2 Å². The summed E-state index contributed by atoms with van der Waals surface area (Å²) in [5.74, 6) is -1.58. The Morgan fingerprint density at radius 2 is 1.94 bits per heavy atom. The molecule has 1 aliphatic heterocycles. The first-order valence-corrected chi connectivity index (χ1v) is 5.21. The smallest absolute Gasteiger partial charge is 0.413 e. The van der Waals surface area contributed by atoms with Crippen LogP contribution in [0.4, 0.5) is 4.79 Å². The number of aliphatic carboxylic acids is 1. The van der Waals surface area contributed by atoms with Crippen molar-refractivity contribution in [2.45, 2.75) is 44.6 Å². The van der Waals surface area contributed by atoms with E-state index in [1.807, 2.05) is 0 Å². The molecule has 1 heterocycles. The van der Waals surface area contributed by atoms with Gasteiger partial charge >= 0.3 is 12.1 Å². The topological polar surface area (TPSA) is 107 Å². The van der Waals surface area contributed by atoms with Crippen molar-refractivity contribution in [3.63, 3.8) is 0 Å². The van der Waals surface area contributed by atoms with Gasteiger partial charge < -0.3 is 20.1 Å². The van der Waals surface area contributed by atoms with Crippen molar-refractivity contribution in [1.82, 2.24) is 4.90 Å². The van der Waals surface area contributed by atoms with Gasteiger partial charge in [-0.2, -0.15) is 0 Å². The normalized spacial score (nSPS) is 29.2. The number of amides is 1. The van der Waals surface area contributed by atoms with E-state index in [-0.39, 0.29) is 6.54 Å². The van der Waals surface area contributed by atoms with Gasteiger partial charge in [-0.1, -0.05) is 0 Å². The minimum absolute atomic E-state index is 0.266. The minimum Gasteiger partial charge on any atom is -0.478 e. The van der Waals surface area contributed by atoms with Gasteiger partial charge in [-0.15, -0.1) is 0 Å². The highest BCUT2D eigenvalue weighted by molar-refractivity contribution is 5.83. The maximum absolute atomic E-state index is 11.7. The van der Waals surface area contributed by atoms with Gasteiger partial charge in [-0.3, -0.25) is 4.90 Å². The molecule has 7 heteroatoms. The van der Waals surface area contributed by atoms with E-state index in [1.54, 1.807) is 20.8 Å². The molecule has 0 aliphatic carbocycles. The number of β-amino-alcohol motifs (C(OH)–C–C–N with tert-alkyl or cyclic N) is 1. The van der Waals surface area contributed by atoms with Crippen molar-refractivity contribution >= 4 is 12.1 Å². The number of aliphatic hydroxyl groups excluding tert-OH is 1. The van der Waals surface area contributed by atoms with Gasteiger partial charge in [-0.05, 0) is 20.8 Å². The predicted octanol–water partition coefficient (Wildman–Crippen LogP) is -0.239.